The summed E-state index contributed by atoms with van der Waals surface area (Å²) in [6.45, 7) is 10.8. The van der Waals surface area contributed by atoms with Gasteiger partial charge in [-0.05, 0) is 45.7 Å². The fourth-order valence-electron chi connectivity index (χ4n) is 2.26. The predicted molar refractivity (Wildman–Crippen MR) is 78.4 cm³/mol. The molecule has 104 valence electrons. The van der Waals surface area contributed by atoms with Crippen LogP contribution >= 0.6 is 0 Å². The molecule has 3 nitrogen and oxygen atoms in total. The number of hydrogen-bond donors (Lipinski definition) is 1. The van der Waals surface area contributed by atoms with Crippen molar-refractivity contribution in [3.63, 3.8) is 0 Å². The maximum Gasteiger partial charge on any atom is 0.125 e. The van der Waals surface area contributed by atoms with Gasteiger partial charge in [-0.25, -0.2) is 0 Å². The summed E-state index contributed by atoms with van der Waals surface area (Å²) in [5.74, 6) is 0.951. The molecule has 1 N–H and O–H groups in total. The van der Waals surface area contributed by atoms with Crippen molar-refractivity contribution in [2.45, 2.75) is 53.1 Å². The zero-order valence-electron chi connectivity index (χ0n) is 12.6. The molecule has 0 bridgehead atoms. The van der Waals surface area contributed by atoms with Gasteiger partial charge in [0.25, 0.3) is 0 Å². The third kappa shape index (κ3) is 4.92. The molecule has 0 aromatic heterocycles. The average Bonchev–Trinajstić information content (AvgIpc) is 2.30. The molecule has 0 fully saturated rings. The van der Waals surface area contributed by atoms with E-state index < -0.39 is 0 Å². The van der Waals surface area contributed by atoms with Crippen LogP contribution in [0.5, 0.6) is 5.75 Å². The van der Waals surface area contributed by atoms with E-state index in [1.165, 1.54) is 5.56 Å². The summed E-state index contributed by atoms with van der Waals surface area (Å²) in [4.78, 5) is 0. The topological polar surface area (TPSA) is 45.0 Å². The van der Waals surface area contributed by atoms with Crippen LogP contribution in [0.25, 0.3) is 0 Å². The third-order valence-electron chi connectivity index (χ3n) is 2.95. The van der Waals surface area contributed by atoms with Gasteiger partial charge in [0, 0.05) is 12.5 Å². The highest BCUT2D eigenvalue weighted by molar-refractivity contribution is 5.42. The highest BCUT2D eigenvalue weighted by atomic mass is 16.5. The summed E-state index contributed by atoms with van der Waals surface area (Å²) in [5, 5.41) is 12.3. The van der Waals surface area contributed by atoms with Gasteiger partial charge in [0.2, 0.25) is 0 Å². The maximum absolute atomic E-state index is 9.05. The molecule has 0 amide bonds. The van der Waals surface area contributed by atoms with Crippen molar-refractivity contribution in [3.05, 3.63) is 28.8 Å². The number of nitrogens with one attached hydrogen (secondary N) is 1. The summed E-state index contributed by atoms with van der Waals surface area (Å²) in [6.07, 6.45) is 0.696. The normalized spacial score (nSPS) is 12.3. The smallest absolute Gasteiger partial charge is 0.125 e. The Morgan fingerprint density at radius 2 is 1.79 bits per heavy atom. The molecular weight excluding hydrogens is 236 g/mol. The van der Waals surface area contributed by atoms with E-state index in [4.69, 9.17) is 10.00 Å². The zero-order chi connectivity index (χ0) is 14.4. The molecule has 0 aliphatic carbocycles. The highest BCUT2D eigenvalue weighted by Gasteiger charge is 2.10. The molecule has 0 heterocycles. The first-order valence-corrected chi connectivity index (χ1v) is 6.80. The first-order valence-electron chi connectivity index (χ1n) is 6.80. The molecule has 1 unspecified atom stereocenters. The second-order valence-corrected chi connectivity index (χ2v) is 5.37. The van der Waals surface area contributed by atoms with Crippen LogP contribution in [0, 0.1) is 32.1 Å². The Labute approximate surface area is 116 Å². The summed E-state index contributed by atoms with van der Waals surface area (Å²) < 4.78 is 5.85. The van der Waals surface area contributed by atoms with E-state index in [9.17, 15) is 0 Å². The van der Waals surface area contributed by atoms with Crippen molar-refractivity contribution >= 4 is 0 Å². The van der Waals surface area contributed by atoms with Gasteiger partial charge >= 0.3 is 0 Å². The molecular formula is C16H24N2O. The van der Waals surface area contributed by atoms with Gasteiger partial charge < -0.3 is 4.74 Å². The fourth-order valence-corrected chi connectivity index (χ4v) is 2.26. The minimum absolute atomic E-state index is 0.147. The SMILES string of the molecule is Cc1cc(C)c(OCCC(C#N)NC(C)C)c(C)c1. The van der Waals surface area contributed by atoms with E-state index in [1.54, 1.807) is 0 Å². The first-order chi connectivity index (χ1) is 8.93. The van der Waals surface area contributed by atoms with Crippen LogP contribution in [0.3, 0.4) is 0 Å². The molecule has 1 aromatic carbocycles. The molecule has 0 saturated heterocycles. The fraction of sp³-hybridized carbons (Fsp3) is 0.562. The van der Waals surface area contributed by atoms with Gasteiger partial charge in [0.15, 0.2) is 0 Å². The van der Waals surface area contributed by atoms with Gasteiger partial charge in [-0.15, -0.1) is 0 Å². The van der Waals surface area contributed by atoms with Gasteiger partial charge in [-0.2, -0.15) is 5.26 Å². The zero-order valence-corrected chi connectivity index (χ0v) is 12.6. The van der Waals surface area contributed by atoms with E-state index >= 15 is 0 Å². The summed E-state index contributed by atoms with van der Waals surface area (Å²) in [5.41, 5.74) is 3.56. The van der Waals surface area contributed by atoms with Crippen molar-refractivity contribution in [1.82, 2.24) is 5.32 Å². The van der Waals surface area contributed by atoms with Crippen molar-refractivity contribution in [2.75, 3.05) is 6.61 Å². The van der Waals surface area contributed by atoms with Gasteiger partial charge in [-0.3, -0.25) is 5.32 Å². The number of benzene rings is 1. The van der Waals surface area contributed by atoms with Gasteiger partial charge in [0.1, 0.15) is 5.75 Å². The second-order valence-electron chi connectivity index (χ2n) is 5.37. The van der Waals surface area contributed by atoms with Gasteiger partial charge in [0.05, 0.1) is 18.7 Å². The average molecular weight is 260 g/mol. The molecule has 0 radical (unpaired) electrons. The summed E-state index contributed by atoms with van der Waals surface area (Å²) in [7, 11) is 0. The third-order valence-corrected chi connectivity index (χ3v) is 2.95. The molecule has 0 aliphatic heterocycles. The Morgan fingerprint density at radius 3 is 2.26 bits per heavy atom. The second kappa shape index (κ2) is 7.16. The lowest BCUT2D eigenvalue weighted by atomic mass is 10.1. The van der Waals surface area contributed by atoms with Crippen molar-refractivity contribution < 1.29 is 4.74 Å². The lowest BCUT2D eigenvalue weighted by Gasteiger charge is -2.17. The molecule has 0 spiro atoms. The van der Waals surface area contributed by atoms with Crippen LogP contribution < -0.4 is 10.1 Å². The van der Waals surface area contributed by atoms with Crippen LogP contribution in [0.1, 0.15) is 37.0 Å². The van der Waals surface area contributed by atoms with Crippen LogP contribution in [0.2, 0.25) is 0 Å². The number of ether oxygens (including phenoxy) is 1. The first kappa shape index (κ1) is 15.5. The monoisotopic (exact) mass is 260 g/mol. The van der Waals surface area contributed by atoms with E-state index in [0.717, 1.165) is 16.9 Å². The standard InChI is InChI=1S/C16H24N2O/c1-11(2)18-15(10-17)6-7-19-16-13(4)8-12(3)9-14(16)5/h8-9,11,15,18H,6-7H2,1-5H3. The molecule has 19 heavy (non-hydrogen) atoms. The maximum atomic E-state index is 9.05. The van der Waals surface area contributed by atoms with Crippen LogP contribution in [-0.2, 0) is 0 Å². The van der Waals surface area contributed by atoms with Crippen molar-refractivity contribution in [3.8, 4) is 11.8 Å². The number of hydrogen-bond acceptors (Lipinski definition) is 3. The largest absolute Gasteiger partial charge is 0.493 e. The minimum Gasteiger partial charge on any atom is -0.493 e. The Morgan fingerprint density at radius 1 is 1.21 bits per heavy atom. The van der Waals surface area contributed by atoms with Gasteiger partial charge in [-0.1, -0.05) is 17.7 Å². The number of nitrogens with zero attached hydrogens (tertiary/aromatic N) is 1. The molecule has 1 aromatic rings. The highest BCUT2D eigenvalue weighted by Crippen LogP contribution is 2.24. The predicted octanol–water partition coefficient (Wildman–Crippen LogP) is 3.27. The molecule has 0 saturated carbocycles. The Hall–Kier alpha value is -1.53. The number of aryl methyl sites for hydroxylation is 3. The summed E-state index contributed by atoms with van der Waals surface area (Å²) >= 11 is 0. The quantitative estimate of drug-likeness (QED) is 0.853. The molecule has 1 atom stereocenters. The van der Waals surface area contributed by atoms with Crippen molar-refractivity contribution in [1.29, 1.82) is 5.26 Å². The van der Waals surface area contributed by atoms with E-state index in [-0.39, 0.29) is 6.04 Å². The Kier molecular flexibility index (Phi) is 5.85. The van der Waals surface area contributed by atoms with E-state index in [0.29, 0.717) is 19.1 Å². The Balaban J connectivity index is 2.56. The van der Waals surface area contributed by atoms with Crippen LogP contribution in [0.15, 0.2) is 12.1 Å². The van der Waals surface area contributed by atoms with E-state index in [1.807, 2.05) is 13.8 Å². The molecule has 3 heteroatoms. The lowest BCUT2D eigenvalue weighted by molar-refractivity contribution is 0.291. The number of nitriles is 1. The molecule has 0 aliphatic rings. The summed E-state index contributed by atoms with van der Waals surface area (Å²) in [6, 6.07) is 6.68. The number of rotatable bonds is 6. The lowest BCUT2D eigenvalue weighted by Crippen LogP contribution is -2.34. The molecule has 1 rings (SSSR count). The Bertz CT molecular complexity index is 437. The van der Waals surface area contributed by atoms with E-state index in [2.05, 4.69) is 44.3 Å². The minimum atomic E-state index is -0.147. The van der Waals surface area contributed by atoms with Crippen LogP contribution in [0.4, 0.5) is 0 Å². The van der Waals surface area contributed by atoms with Crippen molar-refractivity contribution in [2.24, 2.45) is 0 Å². The van der Waals surface area contributed by atoms with Crippen LogP contribution in [-0.4, -0.2) is 18.7 Å².